The molecule has 0 radical (unpaired) electrons. The molecule has 0 unspecified atom stereocenters. The third-order valence-electron chi connectivity index (χ3n) is 6.47. The highest BCUT2D eigenvalue weighted by molar-refractivity contribution is 5.82. The molecule has 0 saturated carbocycles. The van der Waals surface area contributed by atoms with Crippen LogP contribution in [-0.2, 0) is 25.7 Å². The monoisotopic (exact) mass is 503 g/mol. The summed E-state index contributed by atoms with van der Waals surface area (Å²) in [6.45, 7) is 11.7. The molecule has 2 atom stereocenters. The lowest BCUT2D eigenvalue weighted by Gasteiger charge is -2.28. The van der Waals surface area contributed by atoms with E-state index in [2.05, 4.69) is 24.5 Å². The lowest BCUT2D eigenvalue weighted by atomic mass is 10.0. The number of alkyl carbamates (subject to hydrolysis) is 1. The first-order chi connectivity index (χ1) is 17.1. The highest BCUT2D eigenvalue weighted by atomic mass is 16.6. The van der Waals surface area contributed by atoms with Gasteiger partial charge in [0.1, 0.15) is 12.2 Å². The summed E-state index contributed by atoms with van der Waals surface area (Å²) in [4.78, 5) is 39.7. The molecule has 1 aliphatic heterocycles. The number of hydrogen-bond donors (Lipinski definition) is 2. The second-order valence-corrected chi connectivity index (χ2v) is 10.6. The van der Waals surface area contributed by atoms with E-state index in [0.29, 0.717) is 31.8 Å². The average Bonchev–Trinajstić information content (AvgIpc) is 2.98. The van der Waals surface area contributed by atoms with Gasteiger partial charge in [-0.2, -0.15) is 0 Å². The maximum Gasteiger partial charge on any atom is 0.407 e. The number of rotatable bonds is 12. The van der Waals surface area contributed by atoms with E-state index in [1.54, 1.807) is 0 Å². The number of benzene rings is 1. The standard InChI is InChI=1S/C28H45N3O5/c1-6-21(7-2)19-31-18-16-23(13-14-25(32)35-20-22-11-9-8-10-12-22)30-24(26(31)33)15-17-29-27(34)36-28(3,4)5/h8-12,21,23-24,30H,6-7,13-20H2,1-5H3,(H,29,34)/t23-,24+/m1/s1. The molecule has 0 aliphatic carbocycles. The van der Waals surface area contributed by atoms with Gasteiger partial charge in [-0.05, 0) is 51.5 Å². The second kappa shape index (κ2) is 14.8. The third kappa shape index (κ3) is 11.0. The van der Waals surface area contributed by atoms with Crippen LogP contribution in [-0.4, -0.2) is 60.2 Å². The fourth-order valence-corrected chi connectivity index (χ4v) is 4.29. The molecule has 2 amide bonds. The number of carbonyl (C=O) groups is 3. The van der Waals surface area contributed by atoms with E-state index in [4.69, 9.17) is 9.47 Å². The molecule has 8 nitrogen and oxygen atoms in total. The van der Waals surface area contributed by atoms with Crippen molar-refractivity contribution in [2.24, 2.45) is 5.92 Å². The maximum absolute atomic E-state index is 13.4. The molecule has 202 valence electrons. The van der Waals surface area contributed by atoms with Crippen LogP contribution in [0.2, 0.25) is 0 Å². The molecule has 0 aromatic heterocycles. The minimum Gasteiger partial charge on any atom is -0.461 e. The van der Waals surface area contributed by atoms with Gasteiger partial charge < -0.3 is 25.0 Å². The smallest absolute Gasteiger partial charge is 0.407 e. The lowest BCUT2D eigenvalue weighted by molar-refractivity contribution is -0.145. The van der Waals surface area contributed by atoms with Crippen LogP contribution in [0.3, 0.4) is 0 Å². The van der Waals surface area contributed by atoms with Crippen molar-refractivity contribution in [1.82, 2.24) is 15.5 Å². The topological polar surface area (TPSA) is 97.0 Å². The second-order valence-electron chi connectivity index (χ2n) is 10.6. The summed E-state index contributed by atoms with van der Waals surface area (Å²) in [5.41, 5.74) is 0.380. The number of ether oxygens (including phenoxy) is 2. The number of nitrogens with one attached hydrogen (secondary N) is 2. The Balaban J connectivity index is 1.94. The summed E-state index contributed by atoms with van der Waals surface area (Å²) in [5.74, 6) is 0.273. The zero-order chi connectivity index (χ0) is 26.6. The summed E-state index contributed by atoms with van der Waals surface area (Å²) in [7, 11) is 0. The van der Waals surface area contributed by atoms with E-state index in [-0.39, 0.29) is 30.9 Å². The van der Waals surface area contributed by atoms with Crippen LogP contribution in [0.1, 0.15) is 78.7 Å². The number of esters is 1. The van der Waals surface area contributed by atoms with Crippen LogP contribution in [0.25, 0.3) is 0 Å². The predicted octanol–water partition coefficient (Wildman–Crippen LogP) is 4.42. The molecule has 8 heteroatoms. The van der Waals surface area contributed by atoms with Crippen molar-refractivity contribution < 1.29 is 23.9 Å². The Morgan fingerprint density at radius 3 is 2.47 bits per heavy atom. The molecule has 36 heavy (non-hydrogen) atoms. The van der Waals surface area contributed by atoms with Crippen molar-refractivity contribution in [3.05, 3.63) is 35.9 Å². The molecule has 1 saturated heterocycles. The first-order valence-corrected chi connectivity index (χ1v) is 13.3. The van der Waals surface area contributed by atoms with E-state index >= 15 is 0 Å². The van der Waals surface area contributed by atoms with Gasteiger partial charge in [0.05, 0.1) is 6.04 Å². The van der Waals surface area contributed by atoms with Crippen molar-refractivity contribution in [1.29, 1.82) is 0 Å². The van der Waals surface area contributed by atoms with Gasteiger partial charge >= 0.3 is 12.1 Å². The number of amides is 2. The van der Waals surface area contributed by atoms with Crippen LogP contribution in [0.4, 0.5) is 4.79 Å². The van der Waals surface area contributed by atoms with Crippen LogP contribution in [0, 0.1) is 5.92 Å². The van der Waals surface area contributed by atoms with Gasteiger partial charge in [0.2, 0.25) is 5.91 Å². The van der Waals surface area contributed by atoms with Gasteiger partial charge in [-0.15, -0.1) is 0 Å². The normalized spacial score (nSPS) is 18.6. The molecule has 0 spiro atoms. The lowest BCUT2D eigenvalue weighted by Crippen LogP contribution is -2.48. The molecule has 2 rings (SSSR count). The van der Waals surface area contributed by atoms with E-state index in [1.807, 2.05) is 56.0 Å². The largest absolute Gasteiger partial charge is 0.461 e. The zero-order valence-corrected chi connectivity index (χ0v) is 22.7. The van der Waals surface area contributed by atoms with Gasteiger partial charge in [0.25, 0.3) is 0 Å². The number of carbonyl (C=O) groups excluding carboxylic acids is 3. The van der Waals surface area contributed by atoms with Crippen LogP contribution in [0.15, 0.2) is 30.3 Å². The molecule has 0 bridgehead atoms. The van der Waals surface area contributed by atoms with Crippen LogP contribution in [0.5, 0.6) is 0 Å². The van der Waals surface area contributed by atoms with Crippen molar-refractivity contribution in [2.45, 2.75) is 97.4 Å². The highest BCUT2D eigenvalue weighted by Gasteiger charge is 2.31. The van der Waals surface area contributed by atoms with E-state index < -0.39 is 17.7 Å². The van der Waals surface area contributed by atoms with Crippen molar-refractivity contribution in [3.63, 3.8) is 0 Å². The Bertz CT molecular complexity index is 820. The van der Waals surface area contributed by atoms with Crippen molar-refractivity contribution in [2.75, 3.05) is 19.6 Å². The van der Waals surface area contributed by atoms with Gasteiger partial charge in [-0.25, -0.2) is 4.79 Å². The fourth-order valence-electron chi connectivity index (χ4n) is 4.29. The molecular weight excluding hydrogens is 458 g/mol. The summed E-state index contributed by atoms with van der Waals surface area (Å²) in [6.07, 6.45) is 3.66. The first kappa shape index (κ1) is 29.6. The summed E-state index contributed by atoms with van der Waals surface area (Å²) in [6, 6.07) is 9.20. The molecule has 1 aromatic carbocycles. The predicted molar refractivity (Wildman–Crippen MR) is 140 cm³/mol. The molecular formula is C28H45N3O5. The van der Waals surface area contributed by atoms with E-state index in [9.17, 15) is 14.4 Å². The maximum atomic E-state index is 13.4. The molecule has 1 aliphatic rings. The molecule has 1 fully saturated rings. The van der Waals surface area contributed by atoms with Crippen molar-refractivity contribution in [3.8, 4) is 0 Å². The van der Waals surface area contributed by atoms with Crippen LogP contribution < -0.4 is 10.6 Å². The van der Waals surface area contributed by atoms with Gasteiger partial charge in [-0.3, -0.25) is 9.59 Å². The SMILES string of the molecule is CCC(CC)CN1CC[C@@H](CCC(=O)OCc2ccccc2)N[C@@H](CCNC(=O)OC(C)(C)C)C1=O. The van der Waals surface area contributed by atoms with Crippen molar-refractivity contribution >= 4 is 18.0 Å². The average molecular weight is 504 g/mol. The fraction of sp³-hybridized carbons (Fsp3) is 0.679. The van der Waals surface area contributed by atoms with Gasteiger partial charge in [0.15, 0.2) is 0 Å². The zero-order valence-electron chi connectivity index (χ0n) is 22.7. The summed E-state index contributed by atoms with van der Waals surface area (Å²) < 4.78 is 10.7. The Morgan fingerprint density at radius 2 is 1.83 bits per heavy atom. The minimum atomic E-state index is -0.577. The minimum absolute atomic E-state index is 0.0106. The number of hydrogen-bond acceptors (Lipinski definition) is 6. The first-order valence-electron chi connectivity index (χ1n) is 13.3. The Morgan fingerprint density at radius 1 is 1.14 bits per heavy atom. The van der Waals surface area contributed by atoms with Gasteiger partial charge in [-0.1, -0.05) is 57.0 Å². The summed E-state index contributed by atoms with van der Waals surface area (Å²) >= 11 is 0. The van der Waals surface area contributed by atoms with E-state index in [1.165, 1.54) is 0 Å². The highest BCUT2D eigenvalue weighted by Crippen LogP contribution is 2.18. The van der Waals surface area contributed by atoms with Gasteiger partial charge in [0, 0.05) is 32.1 Å². The summed E-state index contributed by atoms with van der Waals surface area (Å²) in [5, 5.41) is 6.22. The number of nitrogens with zero attached hydrogens (tertiary/aromatic N) is 1. The Hall–Kier alpha value is -2.61. The third-order valence-corrected chi connectivity index (χ3v) is 6.47. The molecule has 2 N–H and O–H groups in total. The molecule has 1 heterocycles. The quantitative estimate of drug-likeness (QED) is 0.410. The van der Waals surface area contributed by atoms with E-state index in [0.717, 1.165) is 31.4 Å². The molecule has 1 aromatic rings. The van der Waals surface area contributed by atoms with Crippen LogP contribution >= 0.6 is 0 Å². The Kier molecular flexibility index (Phi) is 12.2. The Labute approximate surface area is 216 Å².